The molecule has 52 valence electrons. The van der Waals surface area contributed by atoms with Crippen LogP contribution in [0.2, 0.25) is 0 Å². The van der Waals surface area contributed by atoms with Crippen molar-refractivity contribution in [1.82, 2.24) is 10.6 Å². The van der Waals surface area contributed by atoms with Crippen LogP contribution in [0.3, 0.4) is 0 Å². The molecular weight excluding hydrogens is 112 g/mol. The molecule has 2 nitrogen and oxygen atoms in total. The van der Waals surface area contributed by atoms with Crippen molar-refractivity contribution >= 4 is 0 Å². The number of nitrogens with one attached hydrogen (secondary N) is 2. The number of piperazine rings is 1. The Balaban J connectivity index is 2.06. The van der Waals surface area contributed by atoms with Crippen LogP contribution in [0.25, 0.3) is 0 Å². The summed E-state index contributed by atoms with van der Waals surface area (Å²) in [6.07, 6.45) is 2.75. The van der Waals surface area contributed by atoms with Gasteiger partial charge in [-0.2, -0.15) is 0 Å². The summed E-state index contributed by atoms with van der Waals surface area (Å²) in [5.74, 6) is 0. The van der Waals surface area contributed by atoms with E-state index in [1.165, 1.54) is 19.4 Å². The first-order chi connectivity index (χ1) is 4.36. The van der Waals surface area contributed by atoms with Gasteiger partial charge in [0.1, 0.15) is 0 Å². The molecular formula is C7H14N2. The van der Waals surface area contributed by atoms with E-state index in [1.807, 2.05) is 0 Å². The maximum Gasteiger partial charge on any atom is 0.0219 e. The molecule has 3 aliphatic heterocycles. The van der Waals surface area contributed by atoms with Crippen molar-refractivity contribution in [3.63, 3.8) is 0 Å². The zero-order valence-electron chi connectivity index (χ0n) is 5.85. The molecule has 2 bridgehead atoms. The van der Waals surface area contributed by atoms with Crippen LogP contribution >= 0.6 is 0 Å². The highest BCUT2D eigenvalue weighted by molar-refractivity contribution is 4.95. The molecule has 0 aromatic rings. The largest absolute Gasteiger partial charge is 0.311 e. The minimum atomic E-state index is 0.706. The van der Waals surface area contributed by atoms with Gasteiger partial charge in [-0.3, -0.25) is 0 Å². The van der Waals surface area contributed by atoms with Gasteiger partial charge in [-0.1, -0.05) is 0 Å². The Bertz CT molecular complexity index is 105. The third kappa shape index (κ3) is 0.864. The van der Waals surface area contributed by atoms with E-state index in [-0.39, 0.29) is 0 Å². The Morgan fingerprint density at radius 1 is 1.33 bits per heavy atom. The lowest BCUT2D eigenvalue weighted by molar-refractivity contribution is 0.197. The summed E-state index contributed by atoms with van der Waals surface area (Å²) in [4.78, 5) is 0. The average molecular weight is 126 g/mol. The standard InChI is InChI=1S/C7H14N2/c1-5-7-3-2-6(9-5)4-8-7/h5-9H,2-4H2,1H3. The van der Waals surface area contributed by atoms with E-state index in [0.717, 1.165) is 12.1 Å². The van der Waals surface area contributed by atoms with E-state index in [2.05, 4.69) is 17.6 Å². The fourth-order valence-electron chi connectivity index (χ4n) is 1.94. The monoisotopic (exact) mass is 126 g/mol. The summed E-state index contributed by atoms with van der Waals surface area (Å²) in [6, 6.07) is 2.23. The number of piperidine rings is 2. The Morgan fingerprint density at radius 3 is 2.44 bits per heavy atom. The highest BCUT2D eigenvalue weighted by Gasteiger charge is 2.31. The normalized spacial score (nSPS) is 49.7. The van der Waals surface area contributed by atoms with Gasteiger partial charge in [0.15, 0.2) is 0 Å². The molecule has 2 N–H and O–H groups in total. The van der Waals surface area contributed by atoms with Crippen LogP contribution in [0.4, 0.5) is 0 Å². The Labute approximate surface area is 56.0 Å². The lowest BCUT2D eigenvalue weighted by atomic mass is 9.90. The fraction of sp³-hybridized carbons (Fsp3) is 1.00. The topological polar surface area (TPSA) is 24.1 Å². The molecule has 3 saturated heterocycles. The van der Waals surface area contributed by atoms with Crippen molar-refractivity contribution < 1.29 is 0 Å². The number of rotatable bonds is 0. The van der Waals surface area contributed by atoms with Crippen LogP contribution in [0.15, 0.2) is 0 Å². The highest BCUT2D eigenvalue weighted by Crippen LogP contribution is 2.17. The zero-order valence-corrected chi connectivity index (χ0v) is 5.85. The third-order valence-electron chi connectivity index (χ3n) is 2.55. The predicted octanol–water partition coefficient (Wildman–Crippen LogP) is 0.0987. The van der Waals surface area contributed by atoms with E-state index >= 15 is 0 Å². The molecule has 0 saturated carbocycles. The van der Waals surface area contributed by atoms with E-state index in [9.17, 15) is 0 Å². The molecule has 0 spiro atoms. The highest BCUT2D eigenvalue weighted by atomic mass is 15.1. The van der Waals surface area contributed by atoms with Crippen LogP contribution in [0.1, 0.15) is 19.8 Å². The summed E-state index contributed by atoms with van der Waals surface area (Å²) in [5.41, 5.74) is 0. The lowest BCUT2D eigenvalue weighted by Gasteiger charge is -2.42. The third-order valence-corrected chi connectivity index (χ3v) is 2.55. The molecule has 2 heteroatoms. The van der Waals surface area contributed by atoms with Crippen LogP contribution in [0, 0.1) is 0 Å². The molecule has 3 unspecified atom stereocenters. The predicted molar refractivity (Wildman–Crippen MR) is 37.4 cm³/mol. The van der Waals surface area contributed by atoms with Crippen LogP contribution in [-0.4, -0.2) is 24.7 Å². The Morgan fingerprint density at radius 2 is 2.22 bits per heavy atom. The van der Waals surface area contributed by atoms with E-state index in [4.69, 9.17) is 0 Å². The summed E-state index contributed by atoms with van der Waals surface area (Å²) < 4.78 is 0. The maximum absolute atomic E-state index is 3.55. The molecule has 0 amide bonds. The summed E-state index contributed by atoms with van der Waals surface area (Å²) in [5, 5.41) is 7.06. The smallest absolute Gasteiger partial charge is 0.0219 e. The first-order valence-electron chi connectivity index (χ1n) is 3.86. The molecule has 3 atom stereocenters. The van der Waals surface area contributed by atoms with Crippen molar-refractivity contribution in [2.24, 2.45) is 0 Å². The summed E-state index contributed by atoms with van der Waals surface area (Å²) in [6.45, 7) is 3.46. The van der Waals surface area contributed by atoms with Gasteiger partial charge in [0, 0.05) is 24.7 Å². The van der Waals surface area contributed by atoms with Gasteiger partial charge >= 0.3 is 0 Å². The van der Waals surface area contributed by atoms with E-state index in [0.29, 0.717) is 6.04 Å². The van der Waals surface area contributed by atoms with Crippen molar-refractivity contribution in [2.45, 2.75) is 37.9 Å². The minimum absolute atomic E-state index is 0.706. The van der Waals surface area contributed by atoms with Crippen LogP contribution in [-0.2, 0) is 0 Å². The Kier molecular flexibility index (Phi) is 1.24. The van der Waals surface area contributed by atoms with Crippen LogP contribution < -0.4 is 10.6 Å². The molecule has 0 aromatic heterocycles. The number of hydrogen-bond donors (Lipinski definition) is 2. The second-order valence-corrected chi connectivity index (χ2v) is 3.24. The van der Waals surface area contributed by atoms with Gasteiger partial charge in [-0.05, 0) is 19.8 Å². The van der Waals surface area contributed by atoms with Gasteiger partial charge in [0.2, 0.25) is 0 Å². The lowest BCUT2D eigenvalue weighted by Crippen LogP contribution is -2.63. The zero-order chi connectivity index (χ0) is 6.27. The van der Waals surface area contributed by atoms with Gasteiger partial charge in [0.25, 0.3) is 0 Å². The molecule has 0 aliphatic carbocycles. The SMILES string of the molecule is CC1NC2CCC1NC2. The first kappa shape index (κ1) is 5.69. The second-order valence-electron chi connectivity index (χ2n) is 3.24. The quantitative estimate of drug-likeness (QED) is 0.481. The fourth-order valence-corrected chi connectivity index (χ4v) is 1.94. The van der Waals surface area contributed by atoms with Crippen molar-refractivity contribution in [3.05, 3.63) is 0 Å². The molecule has 3 rings (SSSR count). The van der Waals surface area contributed by atoms with Crippen molar-refractivity contribution in [2.75, 3.05) is 6.54 Å². The van der Waals surface area contributed by atoms with E-state index < -0.39 is 0 Å². The molecule has 3 aliphatic rings. The van der Waals surface area contributed by atoms with Gasteiger partial charge in [-0.25, -0.2) is 0 Å². The molecule has 0 radical (unpaired) electrons. The molecule has 3 fully saturated rings. The number of hydrogen-bond acceptors (Lipinski definition) is 2. The molecule has 3 heterocycles. The molecule has 9 heavy (non-hydrogen) atoms. The minimum Gasteiger partial charge on any atom is -0.311 e. The Hall–Kier alpha value is -0.0800. The number of fused-ring (bicyclic) bond motifs is 3. The maximum atomic E-state index is 3.55. The second kappa shape index (κ2) is 1.96. The summed E-state index contributed by atoms with van der Waals surface area (Å²) >= 11 is 0. The molecule has 0 aromatic carbocycles. The van der Waals surface area contributed by atoms with Crippen molar-refractivity contribution in [1.29, 1.82) is 0 Å². The van der Waals surface area contributed by atoms with Crippen molar-refractivity contribution in [3.8, 4) is 0 Å². The first-order valence-corrected chi connectivity index (χ1v) is 3.86. The van der Waals surface area contributed by atoms with Gasteiger partial charge in [-0.15, -0.1) is 0 Å². The van der Waals surface area contributed by atoms with Gasteiger partial charge < -0.3 is 10.6 Å². The van der Waals surface area contributed by atoms with E-state index in [1.54, 1.807) is 0 Å². The summed E-state index contributed by atoms with van der Waals surface area (Å²) in [7, 11) is 0. The average Bonchev–Trinajstić information content (AvgIpc) is 1.90. The van der Waals surface area contributed by atoms with Crippen LogP contribution in [0.5, 0.6) is 0 Å². The van der Waals surface area contributed by atoms with Gasteiger partial charge in [0.05, 0.1) is 0 Å².